The minimum Gasteiger partial charge on any atom is -1.00 e. The predicted octanol–water partition coefficient (Wildman–Crippen LogP) is -3.24. The quantitative estimate of drug-likeness (QED) is 0.236. The van der Waals surface area contributed by atoms with Crippen LogP contribution >= 0.6 is 0 Å². The van der Waals surface area contributed by atoms with E-state index < -0.39 is 5.09 Å². The standard InChI is InChI=1S/ClH.NO3/c;2-1(3)4/h1H;/q;-1/p-1. The Morgan fingerprint density at radius 3 is 1.40 bits per heavy atom. The van der Waals surface area contributed by atoms with Crippen molar-refractivity contribution in [3.05, 3.63) is 15.3 Å². The van der Waals surface area contributed by atoms with Gasteiger partial charge < -0.3 is 27.7 Å². The minimum atomic E-state index is -1.75. The number of rotatable bonds is 0. The van der Waals surface area contributed by atoms with Crippen LogP contribution in [0.25, 0.3) is 0 Å². The van der Waals surface area contributed by atoms with E-state index in [9.17, 15) is 0 Å². The van der Waals surface area contributed by atoms with Gasteiger partial charge in [-0.3, -0.25) is 0 Å². The normalized spacial score (nSPS) is 4.80. The summed E-state index contributed by atoms with van der Waals surface area (Å²) in [7, 11) is 0. The van der Waals surface area contributed by atoms with E-state index in [2.05, 4.69) is 0 Å². The Kier molecular flexibility index (Phi) is 6.16. The van der Waals surface area contributed by atoms with Crippen LogP contribution < -0.4 is 12.4 Å². The molecule has 0 aliphatic heterocycles. The second-order valence-corrected chi connectivity index (χ2v) is 0.224. The number of halogens is 1. The van der Waals surface area contributed by atoms with Crippen molar-refractivity contribution in [3.8, 4) is 0 Å². The predicted molar refractivity (Wildman–Crippen MR) is 10.4 cm³/mol. The fourth-order valence-corrected chi connectivity index (χ4v) is 0. The molecule has 0 N–H and O–H groups in total. The molecule has 0 aromatic heterocycles. The molecule has 0 radical (unpaired) electrons. The number of hydrogen-bond donors (Lipinski definition) is 0. The van der Waals surface area contributed by atoms with E-state index in [0.717, 1.165) is 0 Å². The third-order valence-corrected chi connectivity index (χ3v) is 0. The van der Waals surface area contributed by atoms with Gasteiger partial charge in [0.2, 0.25) is 0 Å². The van der Waals surface area contributed by atoms with Gasteiger partial charge in [0.25, 0.3) is 0 Å². The molecule has 0 amide bonds. The minimum absolute atomic E-state index is 0. The summed E-state index contributed by atoms with van der Waals surface area (Å²) in [5.74, 6) is 0. The van der Waals surface area contributed by atoms with Gasteiger partial charge in [0.1, 0.15) is 0 Å². The van der Waals surface area contributed by atoms with Crippen molar-refractivity contribution in [2.75, 3.05) is 0 Å². The molecular formula is ClNO3-2. The molecule has 4 nitrogen and oxygen atoms in total. The Morgan fingerprint density at radius 2 is 1.40 bits per heavy atom. The summed E-state index contributed by atoms with van der Waals surface area (Å²) < 4.78 is 0. The zero-order valence-electron chi connectivity index (χ0n) is 2.05. The molecular weight excluding hydrogens is 97.5 g/mol. The van der Waals surface area contributed by atoms with Gasteiger partial charge in [0, 0.05) is 0 Å². The summed E-state index contributed by atoms with van der Waals surface area (Å²) in [6, 6.07) is 0. The Morgan fingerprint density at radius 1 is 1.40 bits per heavy atom. The molecule has 0 aromatic carbocycles. The van der Waals surface area contributed by atoms with Gasteiger partial charge in [-0.1, -0.05) is 0 Å². The molecule has 0 unspecified atom stereocenters. The van der Waals surface area contributed by atoms with Crippen LogP contribution in [0.15, 0.2) is 0 Å². The molecule has 0 aliphatic carbocycles. The molecule has 0 aromatic rings. The van der Waals surface area contributed by atoms with E-state index in [4.69, 9.17) is 15.3 Å². The topological polar surface area (TPSA) is 66.2 Å². The number of nitrogens with zero attached hydrogens (tertiary/aromatic N) is 1. The first-order valence-corrected chi connectivity index (χ1v) is 0.548. The highest BCUT2D eigenvalue weighted by Gasteiger charge is 1.45. The SMILES string of the molecule is O=[N+]([O-])[O-].[Cl-]. The van der Waals surface area contributed by atoms with Gasteiger partial charge in [-0.05, 0) is 0 Å². The van der Waals surface area contributed by atoms with Gasteiger partial charge in [0.15, 0.2) is 0 Å². The van der Waals surface area contributed by atoms with E-state index in [1.807, 2.05) is 0 Å². The average Bonchev–Trinajstić information content (AvgIpc) is 0.811. The molecule has 0 spiro atoms. The highest BCUT2D eigenvalue weighted by molar-refractivity contribution is 4.03. The van der Waals surface area contributed by atoms with Crippen molar-refractivity contribution in [2.45, 2.75) is 0 Å². The molecule has 0 bridgehead atoms. The van der Waals surface area contributed by atoms with Crippen molar-refractivity contribution in [1.82, 2.24) is 0 Å². The Bertz CT molecular complexity index is 29.9. The lowest BCUT2D eigenvalue weighted by Crippen LogP contribution is -3.00. The van der Waals surface area contributed by atoms with Crippen LogP contribution in [0.4, 0.5) is 0 Å². The first-order chi connectivity index (χ1) is 1.73. The van der Waals surface area contributed by atoms with E-state index in [1.54, 1.807) is 0 Å². The van der Waals surface area contributed by atoms with Gasteiger partial charge in [-0.25, -0.2) is 0 Å². The van der Waals surface area contributed by atoms with Crippen LogP contribution in [0.1, 0.15) is 0 Å². The smallest absolute Gasteiger partial charge is 0.0689 e. The summed E-state index contributed by atoms with van der Waals surface area (Å²) in [4.78, 5) is 8.25. The Balaban J connectivity index is 0. The highest BCUT2D eigenvalue weighted by atomic mass is 35.5. The summed E-state index contributed by atoms with van der Waals surface area (Å²) >= 11 is 0. The van der Waals surface area contributed by atoms with Gasteiger partial charge >= 0.3 is 0 Å². The summed E-state index contributed by atoms with van der Waals surface area (Å²) in [6.07, 6.45) is 0. The molecule has 0 fully saturated rings. The third-order valence-electron chi connectivity index (χ3n) is 0. The van der Waals surface area contributed by atoms with Crippen LogP contribution in [0.3, 0.4) is 0 Å². The third kappa shape index (κ3) is 29.8. The summed E-state index contributed by atoms with van der Waals surface area (Å²) in [5.41, 5.74) is 0. The zero-order chi connectivity index (χ0) is 3.58. The number of hydrogen-bond acceptors (Lipinski definition) is 3. The molecule has 5 heteroatoms. The van der Waals surface area contributed by atoms with Crippen LogP contribution in [-0.2, 0) is 0 Å². The summed E-state index contributed by atoms with van der Waals surface area (Å²) in [6.45, 7) is 0. The van der Waals surface area contributed by atoms with E-state index in [1.165, 1.54) is 0 Å². The molecule has 0 rings (SSSR count). The Hall–Kier alpha value is -0.510. The average molecular weight is 97.5 g/mol. The van der Waals surface area contributed by atoms with Crippen molar-refractivity contribution < 1.29 is 17.5 Å². The van der Waals surface area contributed by atoms with Gasteiger partial charge in [-0.2, -0.15) is 0 Å². The Labute approximate surface area is 33.9 Å². The van der Waals surface area contributed by atoms with E-state index >= 15 is 0 Å². The monoisotopic (exact) mass is 97.0 g/mol. The largest absolute Gasteiger partial charge is 1.00 e. The molecule has 32 valence electrons. The van der Waals surface area contributed by atoms with E-state index in [0.29, 0.717) is 0 Å². The van der Waals surface area contributed by atoms with Crippen LogP contribution in [0.5, 0.6) is 0 Å². The highest BCUT2D eigenvalue weighted by Crippen LogP contribution is 1.44. The maximum absolute atomic E-state index is 8.25. The maximum Gasteiger partial charge on any atom is 0.0689 e. The van der Waals surface area contributed by atoms with Gasteiger partial charge in [0.05, 0.1) is 5.09 Å². The fraction of sp³-hybridized carbons (Fsp3) is 0. The molecule has 5 heavy (non-hydrogen) atoms. The second kappa shape index (κ2) is 3.49. The fourth-order valence-electron chi connectivity index (χ4n) is 0. The molecule has 0 aliphatic rings. The molecule has 0 saturated heterocycles. The maximum atomic E-state index is 8.25. The van der Waals surface area contributed by atoms with Crippen LogP contribution in [-0.4, -0.2) is 5.09 Å². The van der Waals surface area contributed by atoms with Gasteiger partial charge in [-0.15, -0.1) is 0 Å². The van der Waals surface area contributed by atoms with Crippen molar-refractivity contribution in [3.63, 3.8) is 0 Å². The second-order valence-electron chi connectivity index (χ2n) is 0.224. The van der Waals surface area contributed by atoms with Crippen molar-refractivity contribution >= 4 is 0 Å². The first kappa shape index (κ1) is 8.82. The lowest BCUT2D eigenvalue weighted by molar-refractivity contribution is -0.402. The first-order valence-electron chi connectivity index (χ1n) is 0.548. The molecule has 0 atom stereocenters. The van der Waals surface area contributed by atoms with Crippen molar-refractivity contribution in [1.29, 1.82) is 0 Å². The lowest BCUT2D eigenvalue weighted by Gasteiger charge is -1.74. The lowest BCUT2D eigenvalue weighted by atomic mass is 13.1. The van der Waals surface area contributed by atoms with Crippen LogP contribution in [0.2, 0.25) is 0 Å². The molecule has 0 saturated carbocycles. The summed E-state index contributed by atoms with van der Waals surface area (Å²) in [5, 5.41) is 14.8. The molecule has 0 heterocycles. The van der Waals surface area contributed by atoms with Crippen LogP contribution in [0, 0.1) is 15.3 Å². The zero-order valence-corrected chi connectivity index (χ0v) is 2.81. The van der Waals surface area contributed by atoms with E-state index in [-0.39, 0.29) is 12.4 Å². The van der Waals surface area contributed by atoms with Crippen molar-refractivity contribution in [2.24, 2.45) is 0 Å².